The molecule has 0 fully saturated rings. The summed E-state index contributed by atoms with van der Waals surface area (Å²) < 4.78 is 10.7. The van der Waals surface area contributed by atoms with Crippen LogP contribution in [0.3, 0.4) is 0 Å². The summed E-state index contributed by atoms with van der Waals surface area (Å²) in [5, 5.41) is 3.82. The normalized spacial score (nSPS) is 11.2. The largest absolute Gasteiger partial charge is 0.491 e. The molecule has 0 aliphatic carbocycles. The third-order valence-corrected chi connectivity index (χ3v) is 5.08. The summed E-state index contributed by atoms with van der Waals surface area (Å²) in [6.45, 7) is 1.02. The molecule has 0 radical (unpaired) electrons. The zero-order chi connectivity index (χ0) is 21.9. The molecule has 0 unspecified atom stereocenters. The van der Waals surface area contributed by atoms with Gasteiger partial charge in [-0.05, 0) is 42.5 Å². The molecule has 5 aromatic rings. The SMILES string of the molecule is COCCOc1ccc2nc(-c3ccc(C(=O)Nc4ccc5cc[nH]c5n4)cc3)[nH]c2c1. The average molecular weight is 427 g/mol. The Hall–Kier alpha value is -4.17. The Morgan fingerprint density at radius 3 is 2.72 bits per heavy atom. The van der Waals surface area contributed by atoms with Crippen molar-refractivity contribution < 1.29 is 14.3 Å². The van der Waals surface area contributed by atoms with Crippen LogP contribution in [0, 0.1) is 0 Å². The number of nitrogens with zero attached hydrogens (tertiary/aromatic N) is 2. The lowest BCUT2D eigenvalue weighted by atomic mass is 10.1. The summed E-state index contributed by atoms with van der Waals surface area (Å²) in [6.07, 6.45) is 1.81. The minimum atomic E-state index is -0.225. The number of aromatic amines is 2. The molecule has 0 atom stereocenters. The molecule has 5 rings (SSSR count). The van der Waals surface area contributed by atoms with E-state index < -0.39 is 0 Å². The lowest BCUT2D eigenvalue weighted by molar-refractivity contribution is 0.102. The van der Waals surface area contributed by atoms with Crippen molar-refractivity contribution >= 4 is 33.8 Å². The maximum atomic E-state index is 12.6. The van der Waals surface area contributed by atoms with E-state index >= 15 is 0 Å². The molecule has 2 aromatic carbocycles. The molecule has 3 N–H and O–H groups in total. The van der Waals surface area contributed by atoms with Crippen LogP contribution in [-0.4, -0.2) is 46.2 Å². The predicted octanol–water partition coefficient (Wildman–Crippen LogP) is 4.38. The number of carbonyl (C=O) groups excluding carboxylic acids is 1. The summed E-state index contributed by atoms with van der Waals surface area (Å²) in [6, 6.07) is 18.6. The number of carbonyl (C=O) groups is 1. The summed E-state index contributed by atoms with van der Waals surface area (Å²) in [7, 11) is 1.64. The number of amides is 1. The highest BCUT2D eigenvalue weighted by Crippen LogP contribution is 2.24. The van der Waals surface area contributed by atoms with Gasteiger partial charge in [-0.3, -0.25) is 4.79 Å². The number of pyridine rings is 1. The van der Waals surface area contributed by atoms with Gasteiger partial charge in [0.15, 0.2) is 0 Å². The van der Waals surface area contributed by atoms with Crippen molar-refractivity contribution in [2.45, 2.75) is 0 Å². The van der Waals surface area contributed by atoms with Gasteiger partial charge in [0, 0.05) is 35.9 Å². The van der Waals surface area contributed by atoms with Crippen molar-refractivity contribution in [2.75, 3.05) is 25.6 Å². The van der Waals surface area contributed by atoms with E-state index in [1.54, 1.807) is 25.3 Å². The van der Waals surface area contributed by atoms with E-state index in [0.717, 1.165) is 39.2 Å². The number of anilines is 1. The fourth-order valence-corrected chi connectivity index (χ4v) is 3.43. The Kier molecular flexibility index (Phi) is 5.27. The van der Waals surface area contributed by atoms with Crippen molar-refractivity contribution in [2.24, 2.45) is 0 Å². The van der Waals surface area contributed by atoms with Gasteiger partial charge >= 0.3 is 0 Å². The fourth-order valence-electron chi connectivity index (χ4n) is 3.43. The number of rotatable bonds is 7. The van der Waals surface area contributed by atoms with Gasteiger partial charge < -0.3 is 24.8 Å². The minimum Gasteiger partial charge on any atom is -0.491 e. The van der Waals surface area contributed by atoms with Crippen molar-refractivity contribution in [3.05, 3.63) is 72.4 Å². The first kappa shape index (κ1) is 19.8. The van der Waals surface area contributed by atoms with Crippen LogP contribution in [0.25, 0.3) is 33.5 Å². The van der Waals surface area contributed by atoms with Gasteiger partial charge in [-0.25, -0.2) is 9.97 Å². The number of imidazole rings is 1. The molecule has 8 nitrogen and oxygen atoms in total. The van der Waals surface area contributed by atoms with Gasteiger partial charge in [-0.2, -0.15) is 0 Å². The van der Waals surface area contributed by atoms with Crippen LogP contribution in [0.15, 0.2) is 66.9 Å². The van der Waals surface area contributed by atoms with Crippen molar-refractivity contribution in [1.82, 2.24) is 19.9 Å². The molecule has 0 saturated carbocycles. The average Bonchev–Trinajstić information content (AvgIpc) is 3.45. The summed E-state index contributed by atoms with van der Waals surface area (Å²) >= 11 is 0. The molecule has 3 heterocycles. The Bertz CT molecular complexity index is 1390. The lowest BCUT2D eigenvalue weighted by Crippen LogP contribution is -2.12. The Morgan fingerprint density at radius 2 is 1.88 bits per heavy atom. The van der Waals surface area contributed by atoms with Gasteiger partial charge in [0.25, 0.3) is 5.91 Å². The summed E-state index contributed by atoms with van der Waals surface area (Å²) in [5.41, 5.74) is 3.86. The number of fused-ring (bicyclic) bond motifs is 2. The molecule has 0 bridgehead atoms. The zero-order valence-electron chi connectivity index (χ0n) is 17.4. The van der Waals surface area contributed by atoms with E-state index in [1.165, 1.54) is 0 Å². The monoisotopic (exact) mass is 427 g/mol. The van der Waals surface area contributed by atoms with Crippen molar-refractivity contribution in [3.8, 4) is 17.1 Å². The van der Waals surface area contributed by atoms with Crippen LogP contribution in [0.5, 0.6) is 5.75 Å². The van der Waals surface area contributed by atoms with E-state index in [0.29, 0.717) is 24.6 Å². The molecule has 0 aliphatic heterocycles. The first-order valence-electron chi connectivity index (χ1n) is 10.2. The van der Waals surface area contributed by atoms with E-state index in [4.69, 9.17) is 9.47 Å². The highest BCUT2D eigenvalue weighted by atomic mass is 16.5. The topological polar surface area (TPSA) is 105 Å². The molecule has 8 heteroatoms. The van der Waals surface area contributed by atoms with Gasteiger partial charge in [-0.1, -0.05) is 12.1 Å². The van der Waals surface area contributed by atoms with Crippen molar-refractivity contribution in [1.29, 1.82) is 0 Å². The second kappa shape index (κ2) is 8.52. The summed E-state index contributed by atoms with van der Waals surface area (Å²) in [5.74, 6) is 1.75. The molecule has 1 amide bonds. The maximum absolute atomic E-state index is 12.6. The highest BCUT2D eigenvalue weighted by molar-refractivity contribution is 6.04. The van der Waals surface area contributed by atoms with Crippen LogP contribution in [0.4, 0.5) is 5.82 Å². The molecule has 0 spiro atoms. The predicted molar refractivity (Wildman–Crippen MR) is 123 cm³/mol. The molecule has 32 heavy (non-hydrogen) atoms. The number of nitrogens with one attached hydrogen (secondary N) is 3. The number of benzene rings is 2. The second-order valence-corrected chi connectivity index (χ2v) is 7.25. The number of aromatic nitrogens is 4. The van der Waals surface area contributed by atoms with Gasteiger partial charge in [-0.15, -0.1) is 0 Å². The molecule has 0 saturated heterocycles. The molecular weight excluding hydrogens is 406 g/mol. The Morgan fingerprint density at radius 1 is 1.00 bits per heavy atom. The van der Waals surface area contributed by atoms with E-state index in [9.17, 15) is 4.79 Å². The first-order valence-corrected chi connectivity index (χ1v) is 10.2. The number of hydrogen-bond donors (Lipinski definition) is 3. The number of H-pyrrole nitrogens is 2. The number of methoxy groups -OCH3 is 1. The third-order valence-electron chi connectivity index (χ3n) is 5.08. The van der Waals surface area contributed by atoms with Crippen LogP contribution in [-0.2, 0) is 4.74 Å². The highest BCUT2D eigenvalue weighted by Gasteiger charge is 2.10. The molecular formula is C24H21N5O3. The first-order chi connectivity index (χ1) is 15.7. The summed E-state index contributed by atoms with van der Waals surface area (Å²) in [4.78, 5) is 28.0. The standard InChI is InChI=1S/C24H21N5O3/c1-31-12-13-32-18-7-8-19-20(14-18)27-23(26-19)15-2-4-17(5-3-15)24(30)29-21-9-6-16-10-11-25-22(16)28-21/h2-11,14H,12-13H2,1H3,(H,26,27)(H2,25,28,29,30). The Balaban J connectivity index is 1.31. The number of hydrogen-bond acceptors (Lipinski definition) is 5. The van der Waals surface area contributed by atoms with Gasteiger partial charge in [0.05, 0.1) is 17.6 Å². The number of ether oxygens (including phenoxy) is 2. The van der Waals surface area contributed by atoms with Crippen LogP contribution in [0.1, 0.15) is 10.4 Å². The van der Waals surface area contributed by atoms with Crippen LogP contribution >= 0.6 is 0 Å². The van der Waals surface area contributed by atoms with Crippen LogP contribution < -0.4 is 10.1 Å². The van der Waals surface area contributed by atoms with Gasteiger partial charge in [0.2, 0.25) is 0 Å². The van der Waals surface area contributed by atoms with Crippen molar-refractivity contribution in [3.63, 3.8) is 0 Å². The van der Waals surface area contributed by atoms with E-state index in [2.05, 4.69) is 25.3 Å². The van der Waals surface area contributed by atoms with Crippen LogP contribution in [0.2, 0.25) is 0 Å². The molecule has 160 valence electrons. The second-order valence-electron chi connectivity index (χ2n) is 7.25. The Labute approximate surface area is 183 Å². The minimum absolute atomic E-state index is 0.225. The molecule has 3 aromatic heterocycles. The van der Waals surface area contributed by atoms with E-state index in [1.807, 2.05) is 48.7 Å². The smallest absolute Gasteiger partial charge is 0.256 e. The lowest BCUT2D eigenvalue weighted by Gasteiger charge is -2.05. The quantitative estimate of drug-likeness (QED) is 0.334. The molecule has 0 aliphatic rings. The van der Waals surface area contributed by atoms with Gasteiger partial charge in [0.1, 0.15) is 29.6 Å². The zero-order valence-corrected chi connectivity index (χ0v) is 17.4. The third kappa shape index (κ3) is 4.03. The fraction of sp³-hybridized carbons (Fsp3) is 0.125. The van der Waals surface area contributed by atoms with E-state index in [-0.39, 0.29) is 5.91 Å². The maximum Gasteiger partial charge on any atom is 0.256 e.